The first-order chi connectivity index (χ1) is 7.70. The molecule has 2 rings (SSSR count). The molecule has 0 aromatic heterocycles. The van der Waals surface area contributed by atoms with E-state index in [4.69, 9.17) is 0 Å². The largest absolute Gasteiger partial charge is 0.378 e. The lowest BCUT2D eigenvalue weighted by Crippen LogP contribution is -2.29. The zero-order valence-corrected chi connectivity index (χ0v) is 10.8. The lowest BCUT2D eigenvalue weighted by atomic mass is 9.85. The van der Waals surface area contributed by atoms with Crippen molar-refractivity contribution in [2.75, 3.05) is 0 Å². The highest BCUT2D eigenvalue weighted by atomic mass is 79.9. The van der Waals surface area contributed by atoms with Gasteiger partial charge in [-0.3, -0.25) is 0 Å². The maximum absolute atomic E-state index is 10.2. The third-order valence-corrected chi connectivity index (χ3v) is 3.68. The van der Waals surface area contributed by atoms with Crippen LogP contribution in [0.2, 0.25) is 0 Å². The topological polar surface area (TPSA) is 20.2 Å². The van der Waals surface area contributed by atoms with E-state index in [-0.39, 0.29) is 0 Å². The first-order valence-corrected chi connectivity index (χ1v) is 6.49. The third kappa shape index (κ3) is 2.87. The van der Waals surface area contributed by atoms with Crippen LogP contribution in [-0.2, 0) is 0 Å². The number of hydrogen-bond acceptors (Lipinski definition) is 1. The molecule has 16 heavy (non-hydrogen) atoms. The normalized spacial score (nSPS) is 18.6. The third-order valence-electron chi connectivity index (χ3n) is 2.98. The van der Waals surface area contributed by atoms with E-state index in [9.17, 15) is 5.11 Å². The molecule has 0 aliphatic heterocycles. The lowest BCUT2D eigenvalue weighted by molar-refractivity contribution is 0.0610. The average molecular weight is 279 g/mol. The van der Waals surface area contributed by atoms with E-state index in [0.29, 0.717) is 0 Å². The zero-order chi connectivity index (χ0) is 11.4. The van der Waals surface area contributed by atoms with Crippen molar-refractivity contribution in [3.63, 3.8) is 0 Å². The van der Waals surface area contributed by atoms with Crippen LogP contribution in [0.25, 0.3) is 0 Å². The molecule has 1 N–H and O–H groups in total. The second kappa shape index (κ2) is 5.03. The van der Waals surface area contributed by atoms with Gasteiger partial charge in [0.2, 0.25) is 0 Å². The maximum Gasteiger partial charge on any atom is 0.125 e. The molecule has 0 saturated heterocycles. The molecule has 0 heterocycles. The second-order valence-electron chi connectivity index (χ2n) is 4.32. The summed E-state index contributed by atoms with van der Waals surface area (Å²) in [5.41, 5.74) is 0.189. The molecular formula is C14H15BrO. The van der Waals surface area contributed by atoms with Crippen LogP contribution >= 0.6 is 15.9 Å². The smallest absolute Gasteiger partial charge is 0.125 e. The molecule has 0 unspecified atom stereocenters. The lowest BCUT2D eigenvalue weighted by Gasteiger charge is -2.26. The molecule has 1 aliphatic rings. The highest BCUT2D eigenvalue weighted by molar-refractivity contribution is 9.10. The number of halogens is 1. The molecule has 0 atom stereocenters. The van der Waals surface area contributed by atoms with Gasteiger partial charge in [0.15, 0.2) is 0 Å². The molecule has 1 fully saturated rings. The van der Waals surface area contributed by atoms with Crippen LogP contribution in [-0.4, -0.2) is 10.7 Å². The molecule has 0 spiro atoms. The Morgan fingerprint density at radius 1 is 1.12 bits per heavy atom. The van der Waals surface area contributed by atoms with Gasteiger partial charge in [0.1, 0.15) is 5.60 Å². The fourth-order valence-corrected chi connectivity index (χ4v) is 2.39. The zero-order valence-electron chi connectivity index (χ0n) is 9.17. The van der Waals surface area contributed by atoms with Crippen molar-refractivity contribution in [1.82, 2.24) is 0 Å². The molecule has 2 heteroatoms. The van der Waals surface area contributed by atoms with Crippen molar-refractivity contribution in [2.45, 2.75) is 37.7 Å². The fraction of sp³-hybridized carbons (Fsp3) is 0.429. The predicted molar refractivity (Wildman–Crippen MR) is 69.1 cm³/mol. The maximum atomic E-state index is 10.2. The Hall–Kier alpha value is -0.780. The van der Waals surface area contributed by atoms with Crippen LogP contribution in [0, 0.1) is 11.8 Å². The van der Waals surface area contributed by atoms with Gasteiger partial charge >= 0.3 is 0 Å². The van der Waals surface area contributed by atoms with Crippen LogP contribution in [0.3, 0.4) is 0 Å². The molecule has 1 aromatic rings. The van der Waals surface area contributed by atoms with E-state index in [1.807, 2.05) is 24.3 Å². The summed E-state index contributed by atoms with van der Waals surface area (Å²) < 4.78 is 0.988. The van der Waals surface area contributed by atoms with Crippen molar-refractivity contribution in [2.24, 2.45) is 0 Å². The van der Waals surface area contributed by atoms with E-state index in [1.54, 1.807) is 0 Å². The van der Waals surface area contributed by atoms with Gasteiger partial charge in [-0.2, -0.15) is 0 Å². The van der Waals surface area contributed by atoms with Gasteiger partial charge in [-0.1, -0.05) is 30.4 Å². The number of aliphatic hydroxyl groups is 1. The van der Waals surface area contributed by atoms with Gasteiger partial charge in [0.05, 0.1) is 0 Å². The molecule has 0 radical (unpaired) electrons. The van der Waals surface area contributed by atoms with Crippen molar-refractivity contribution in [1.29, 1.82) is 0 Å². The first kappa shape index (κ1) is 11.7. The molecule has 0 amide bonds. The first-order valence-electron chi connectivity index (χ1n) is 5.70. The highest BCUT2D eigenvalue weighted by Gasteiger charge is 2.26. The summed E-state index contributed by atoms with van der Waals surface area (Å²) in [4.78, 5) is 0. The van der Waals surface area contributed by atoms with E-state index in [1.165, 1.54) is 6.42 Å². The van der Waals surface area contributed by atoms with Crippen LogP contribution in [0.1, 0.15) is 37.7 Å². The molecular weight excluding hydrogens is 264 g/mol. The van der Waals surface area contributed by atoms with Gasteiger partial charge in [0.25, 0.3) is 0 Å². The number of benzene rings is 1. The SMILES string of the molecule is OC1(C#Cc2ccccc2Br)CCCCC1. The Kier molecular flexibility index (Phi) is 3.68. The Labute approximate surface area is 105 Å². The van der Waals surface area contributed by atoms with E-state index in [2.05, 4.69) is 27.8 Å². The van der Waals surface area contributed by atoms with Crippen LogP contribution in [0.5, 0.6) is 0 Å². The number of hydrogen-bond donors (Lipinski definition) is 1. The van der Waals surface area contributed by atoms with Gasteiger partial charge in [0, 0.05) is 10.0 Å². The summed E-state index contributed by atoms with van der Waals surface area (Å²) in [5, 5.41) is 10.2. The fourth-order valence-electron chi connectivity index (χ4n) is 2.01. The van der Waals surface area contributed by atoms with Crippen LogP contribution in [0.15, 0.2) is 28.7 Å². The Morgan fingerprint density at radius 3 is 2.50 bits per heavy atom. The molecule has 0 bridgehead atoms. The molecule has 1 aliphatic carbocycles. The van der Waals surface area contributed by atoms with Gasteiger partial charge < -0.3 is 5.11 Å². The molecule has 1 aromatic carbocycles. The Morgan fingerprint density at radius 2 is 1.81 bits per heavy atom. The summed E-state index contributed by atoms with van der Waals surface area (Å²) in [6.07, 6.45) is 5.01. The summed E-state index contributed by atoms with van der Waals surface area (Å²) in [7, 11) is 0. The Bertz CT molecular complexity index is 422. The summed E-state index contributed by atoms with van der Waals surface area (Å²) in [6.45, 7) is 0. The minimum absolute atomic E-state index is 0.756. The van der Waals surface area contributed by atoms with Gasteiger partial charge in [-0.05, 0) is 53.7 Å². The Balaban J connectivity index is 2.18. The highest BCUT2D eigenvalue weighted by Crippen LogP contribution is 2.27. The molecule has 84 valence electrons. The molecule has 1 saturated carbocycles. The monoisotopic (exact) mass is 278 g/mol. The van der Waals surface area contributed by atoms with Crippen LogP contribution < -0.4 is 0 Å². The number of rotatable bonds is 0. The standard InChI is InChI=1S/C14H15BrO/c15-13-7-3-2-6-12(13)8-11-14(16)9-4-1-5-10-14/h2-3,6-7,16H,1,4-5,9-10H2. The van der Waals surface area contributed by atoms with Crippen molar-refractivity contribution < 1.29 is 5.11 Å². The quantitative estimate of drug-likeness (QED) is 0.721. The second-order valence-corrected chi connectivity index (χ2v) is 5.18. The van der Waals surface area contributed by atoms with Crippen LogP contribution in [0.4, 0.5) is 0 Å². The summed E-state index contributed by atoms with van der Waals surface area (Å²) >= 11 is 3.45. The van der Waals surface area contributed by atoms with Crippen molar-refractivity contribution in [3.05, 3.63) is 34.3 Å². The van der Waals surface area contributed by atoms with Gasteiger partial charge in [-0.25, -0.2) is 0 Å². The molecule has 1 nitrogen and oxygen atoms in total. The van der Waals surface area contributed by atoms with E-state index in [0.717, 1.165) is 35.7 Å². The minimum Gasteiger partial charge on any atom is -0.378 e. The van der Waals surface area contributed by atoms with E-state index >= 15 is 0 Å². The van der Waals surface area contributed by atoms with E-state index < -0.39 is 5.60 Å². The minimum atomic E-state index is -0.756. The van der Waals surface area contributed by atoms with Crippen molar-refractivity contribution >= 4 is 15.9 Å². The van der Waals surface area contributed by atoms with Crippen molar-refractivity contribution in [3.8, 4) is 11.8 Å². The summed E-state index contributed by atoms with van der Waals surface area (Å²) in [6, 6.07) is 7.85. The summed E-state index contributed by atoms with van der Waals surface area (Å²) in [5.74, 6) is 6.11. The average Bonchev–Trinajstić information content (AvgIpc) is 2.29. The van der Waals surface area contributed by atoms with Gasteiger partial charge in [-0.15, -0.1) is 0 Å². The predicted octanol–water partition coefficient (Wildman–Crippen LogP) is 3.50.